The van der Waals surface area contributed by atoms with Crippen molar-refractivity contribution in [2.45, 2.75) is 20.8 Å². The second-order valence-electron chi connectivity index (χ2n) is 6.15. The molecule has 3 nitrogen and oxygen atoms in total. The first kappa shape index (κ1) is 15.5. The number of carbonyl (C=O) groups excluding carboxylic acids is 1. The molecule has 0 aliphatic carbocycles. The van der Waals surface area contributed by atoms with Gasteiger partial charge in [0.15, 0.2) is 6.61 Å². The van der Waals surface area contributed by atoms with Gasteiger partial charge in [-0.25, -0.2) is 0 Å². The second-order valence-corrected chi connectivity index (χ2v) is 6.95. The second kappa shape index (κ2) is 5.86. The Morgan fingerprint density at radius 3 is 2.75 bits per heavy atom. The van der Waals surface area contributed by atoms with Gasteiger partial charge >= 0.3 is 0 Å². The highest BCUT2D eigenvalue weighted by molar-refractivity contribution is 7.80. The van der Waals surface area contributed by atoms with Crippen molar-refractivity contribution in [3.8, 4) is 5.75 Å². The fraction of sp³-hybridized carbons (Fsp3) is 0.533. The third-order valence-electron chi connectivity index (χ3n) is 3.71. The summed E-state index contributed by atoms with van der Waals surface area (Å²) in [6, 6.07) is 5.37. The SMILES string of the molecule is CC(C)(C)C(CS)CN1C(=O)COc2ccc(Cl)cc21. The lowest BCUT2D eigenvalue weighted by Gasteiger charge is -2.37. The molecule has 0 radical (unpaired) electrons. The van der Waals surface area contributed by atoms with E-state index in [0.717, 1.165) is 11.4 Å². The molecule has 1 unspecified atom stereocenters. The molecule has 20 heavy (non-hydrogen) atoms. The summed E-state index contributed by atoms with van der Waals surface area (Å²) < 4.78 is 5.45. The molecule has 0 N–H and O–H groups in total. The van der Waals surface area contributed by atoms with Crippen molar-refractivity contribution in [2.24, 2.45) is 11.3 Å². The Hall–Kier alpha value is -0.870. The van der Waals surface area contributed by atoms with Gasteiger partial charge in [0.25, 0.3) is 5.91 Å². The van der Waals surface area contributed by atoms with Gasteiger partial charge in [0.05, 0.1) is 5.69 Å². The van der Waals surface area contributed by atoms with Crippen LogP contribution in [0.4, 0.5) is 5.69 Å². The molecule has 1 heterocycles. The Morgan fingerprint density at radius 2 is 2.15 bits per heavy atom. The molecule has 1 atom stereocenters. The standard InChI is InChI=1S/C15H20ClNO2S/c1-15(2,3)10(9-20)7-17-12-6-11(16)4-5-13(12)19-8-14(17)18/h4-6,10,20H,7-9H2,1-3H3. The van der Waals surface area contributed by atoms with Gasteiger partial charge in [-0.05, 0) is 35.3 Å². The zero-order valence-electron chi connectivity index (χ0n) is 12.0. The van der Waals surface area contributed by atoms with Crippen LogP contribution >= 0.6 is 24.2 Å². The number of benzene rings is 1. The minimum Gasteiger partial charge on any atom is -0.482 e. The molecule has 5 heteroatoms. The monoisotopic (exact) mass is 313 g/mol. The topological polar surface area (TPSA) is 29.5 Å². The van der Waals surface area contributed by atoms with E-state index in [9.17, 15) is 4.79 Å². The van der Waals surface area contributed by atoms with Gasteiger partial charge in [-0.3, -0.25) is 4.79 Å². The number of amides is 1. The number of rotatable bonds is 3. The first-order valence-corrected chi connectivity index (χ1v) is 7.67. The minimum atomic E-state index is -0.0317. The molecule has 0 saturated carbocycles. The highest BCUT2D eigenvalue weighted by atomic mass is 35.5. The normalized spacial score (nSPS) is 16.6. The number of ether oxygens (including phenoxy) is 1. The molecule has 0 aromatic heterocycles. The van der Waals surface area contributed by atoms with Crippen LogP contribution in [-0.4, -0.2) is 24.8 Å². The molecular formula is C15H20ClNO2S. The van der Waals surface area contributed by atoms with E-state index in [1.807, 2.05) is 6.07 Å². The maximum atomic E-state index is 12.2. The van der Waals surface area contributed by atoms with Crippen LogP contribution in [-0.2, 0) is 4.79 Å². The van der Waals surface area contributed by atoms with Gasteiger partial charge in [0.1, 0.15) is 5.75 Å². The molecule has 0 spiro atoms. The lowest BCUT2D eigenvalue weighted by molar-refractivity contribution is -0.121. The molecule has 2 rings (SSSR count). The van der Waals surface area contributed by atoms with Gasteiger partial charge in [0, 0.05) is 11.6 Å². The quantitative estimate of drug-likeness (QED) is 0.863. The lowest BCUT2D eigenvalue weighted by Crippen LogP contribution is -2.44. The van der Waals surface area contributed by atoms with Crippen LogP contribution in [0.15, 0.2) is 18.2 Å². The van der Waals surface area contributed by atoms with Crippen molar-refractivity contribution >= 4 is 35.8 Å². The van der Waals surface area contributed by atoms with E-state index in [4.69, 9.17) is 16.3 Å². The van der Waals surface area contributed by atoms with Crippen molar-refractivity contribution in [1.29, 1.82) is 0 Å². The van der Waals surface area contributed by atoms with E-state index in [0.29, 0.717) is 23.2 Å². The van der Waals surface area contributed by atoms with Crippen LogP contribution in [0.25, 0.3) is 0 Å². The molecule has 1 aliphatic rings. The predicted molar refractivity (Wildman–Crippen MR) is 86.1 cm³/mol. The van der Waals surface area contributed by atoms with Crippen molar-refractivity contribution < 1.29 is 9.53 Å². The average Bonchev–Trinajstić information content (AvgIpc) is 2.36. The summed E-state index contributed by atoms with van der Waals surface area (Å²) in [5, 5.41) is 0.602. The van der Waals surface area contributed by atoms with E-state index in [-0.39, 0.29) is 17.9 Å². The lowest BCUT2D eigenvalue weighted by atomic mass is 9.81. The van der Waals surface area contributed by atoms with E-state index >= 15 is 0 Å². The summed E-state index contributed by atoms with van der Waals surface area (Å²) in [5.41, 5.74) is 0.837. The van der Waals surface area contributed by atoms with E-state index in [1.54, 1.807) is 17.0 Å². The molecule has 110 valence electrons. The van der Waals surface area contributed by atoms with Gasteiger partial charge in [-0.1, -0.05) is 32.4 Å². The first-order chi connectivity index (χ1) is 9.32. The van der Waals surface area contributed by atoms with Crippen molar-refractivity contribution in [2.75, 3.05) is 23.8 Å². The Kier molecular flexibility index (Phi) is 4.55. The maximum absolute atomic E-state index is 12.2. The van der Waals surface area contributed by atoms with Crippen molar-refractivity contribution in [3.63, 3.8) is 0 Å². The van der Waals surface area contributed by atoms with Gasteiger partial charge < -0.3 is 9.64 Å². The molecule has 1 aliphatic heterocycles. The fourth-order valence-electron chi connectivity index (χ4n) is 2.20. The highest BCUT2D eigenvalue weighted by Crippen LogP contribution is 2.37. The molecule has 1 amide bonds. The third kappa shape index (κ3) is 3.23. The van der Waals surface area contributed by atoms with Crippen LogP contribution in [0.1, 0.15) is 20.8 Å². The number of fused-ring (bicyclic) bond motifs is 1. The summed E-state index contributed by atoms with van der Waals surface area (Å²) in [5.74, 6) is 1.70. The van der Waals surface area contributed by atoms with Crippen molar-refractivity contribution in [3.05, 3.63) is 23.2 Å². The van der Waals surface area contributed by atoms with Crippen LogP contribution < -0.4 is 9.64 Å². The number of halogens is 1. The Balaban J connectivity index is 2.32. The predicted octanol–water partition coefficient (Wildman–Crippen LogP) is 3.66. The first-order valence-electron chi connectivity index (χ1n) is 6.66. The fourth-order valence-corrected chi connectivity index (χ4v) is 3.03. The van der Waals surface area contributed by atoms with Crippen LogP contribution in [0, 0.1) is 11.3 Å². The third-order valence-corrected chi connectivity index (χ3v) is 4.39. The number of thiol groups is 1. The summed E-state index contributed by atoms with van der Waals surface area (Å²) in [6.45, 7) is 7.20. The smallest absolute Gasteiger partial charge is 0.265 e. The summed E-state index contributed by atoms with van der Waals surface area (Å²) in [7, 11) is 0. The van der Waals surface area contributed by atoms with Crippen LogP contribution in [0.2, 0.25) is 5.02 Å². The van der Waals surface area contributed by atoms with Crippen molar-refractivity contribution in [1.82, 2.24) is 0 Å². The Bertz CT molecular complexity index is 513. The summed E-state index contributed by atoms with van der Waals surface area (Å²) in [6.07, 6.45) is 0. The molecule has 0 fully saturated rings. The van der Waals surface area contributed by atoms with Crippen LogP contribution in [0.5, 0.6) is 5.75 Å². The zero-order chi connectivity index (χ0) is 14.9. The molecule has 1 aromatic carbocycles. The zero-order valence-corrected chi connectivity index (χ0v) is 13.7. The minimum absolute atomic E-state index is 0.0317. The molecule has 0 saturated heterocycles. The van der Waals surface area contributed by atoms with Gasteiger partial charge in [-0.15, -0.1) is 0 Å². The van der Waals surface area contributed by atoms with Crippen LogP contribution in [0.3, 0.4) is 0 Å². The van der Waals surface area contributed by atoms with Gasteiger partial charge in [-0.2, -0.15) is 12.6 Å². The summed E-state index contributed by atoms with van der Waals surface area (Å²) >= 11 is 10.5. The highest BCUT2D eigenvalue weighted by Gasteiger charge is 2.32. The van der Waals surface area contributed by atoms with E-state index < -0.39 is 0 Å². The number of nitrogens with zero attached hydrogens (tertiary/aromatic N) is 1. The molecular weight excluding hydrogens is 294 g/mol. The largest absolute Gasteiger partial charge is 0.482 e. The van der Waals surface area contributed by atoms with E-state index in [2.05, 4.69) is 33.4 Å². The average molecular weight is 314 g/mol. The molecule has 1 aromatic rings. The summed E-state index contributed by atoms with van der Waals surface area (Å²) in [4.78, 5) is 14.0. The Morgan fingerprint density at radius 1 is 1.45 bits per heavy atom. The van der Waals surface area contributed by atoms with Gasteiger partial charge in [0.2, 0.25) is 0 Å². The Labute approximate surface area is 130 Å². The number of carbonyl (C=O) groups is 1. The van der Waals surface area contributed by atoms with E-state index in [1.165, 1.54) is 0 Å². The molecule has 0 bridgehead atoms. The number of hydrogen-bond acceptors (Lipinski definition) is 3. The maximum Gasteiger partial charge on any atom is 0.265 e. The number of hydrogen-bond donors (Lipinski definition) is 1. The number of anilines is 1.